The molecule has 84 valence electrons. The van der Waals surface area contributed by atoms with E-state index < -0.39 is 0 Å². The van der Waals surface area contributed by atoms with Crippen molar-refractivity contribution in [2.45, 2.75) is 45.6 Å². The van der Waals surface area contributed by atoms with Crippen LogP contribution in [-0.2, 0) is 5.54 Å². The highest BCUT2D eigenvalue weighted by Gasteiger charge is 2.39. The van der Waals surface area contributed by atoms with Crippen LogP contribution in [0.25, 0.3) is 0 Å². The Kier molecular flexibility index (Phi) is 2.54. The number of aryl methyl sites for hydroxylation is 1. The summed E-state index contributed by atoms with van der Waals surface area (Å²) in [5.74, 6) is 2.55. The van der Waals surface area contributed by atoms with Gasteiger partial charge in [0.15, 0.2) is 5.82 Å². The van der Waals surface area contributed by atoms with Gasteiger partial charge in [-0.25, -0.2) is 0 Å². The first-order chi connectivity index (χ1) is 6.99. The molecule has 2 N–H and O–H groups in total. The van der Waals surface area contributed by atoms with E-state index in [9.17, 15) is 0 Å². The van der Waals surface area contributed by atoms with Gasteiger partial charge in [0.1, 0.15) is 0 Å². The van der Waals surface area contributed by atoms with Crippen LogP contribution in [0.15, 0.2) is 4.52 Å². The van der Waals surface area contributed by atoms with E-state index in [-0.39, 0.29) is 5.54 Å². The van der Waals surface area contributed by atoms with Gasteiger partial charge in [-0.15, -0.1) is 0 Å². The van der Waals surface area contributed by atoms with Crippen molar-refractivity contribution in [3.63, 3.8) is 0 Å². The molecule has 0 saturated heterocycles. The smallest absolute Gasteiger partial charge is 0.223 e. The summed E-state index contributed by atoms with van der Waals surface area (Å²) in [7, 11) is 0. The van der Waals surface area contributed by atoms with Crippen LogP contribution >= 0.6 is 0 Å². The lowest BCUT2D eigenvalue weighted by Crippen LogP contribution is -2.44. The molecule has 1 aliphatic carbocycles. The number of rotatable bonds is 1. The van der Waals surface area contributed by atoms with E-state index in [1.807, 2.05) is 0 Å². The molecule has 0 spiro atoms. The first kappa shape index (κ1) is 10.6. The van der Waals surface area contributed by atoms with Crippen LogP contribution in [0.4, 0.5) is 0 Å². The maximum Gasteiger partial charge on any atom is 0.223 e. The Bertz CT molecular complexity index is 337. The van der Waals surface area contributed by atoms with Crippen molar-refractivity contribution in [3.05, 3.63) is 11.7 Å². The van der Waals surface area contributed by atoms with Gasteiger partial charge in [-0.1, -0.05) is 19.0 Å². The number of nitrogens with two attached hydrogens (primary N) is 1. The third-order valence-corrected chi connectivity index (χ3v) is 3.20. The van der Waals surface area contributed by atoms with Gasteiger partial charge in [0.05, 0.1) is 5.54 Å². The van der Waals surface area contributed by atoms with Gasteiger partial charge in [0.25, 0.3) is 0 Å². The van der Waals surface area contributed by atoms with Crippen LogP contribution in [0.1, 0.15) is 44.8 Å². The van der Waals surface area contributed by atoms with Crippen molar-refractivity contribution in [2.24, 2.45) is 17.6 Å². The molecule has 0 aromatic carbocycles. The summed E-state index contributed by atoms with van der Waals surface area (Å²) >= 11 is 0. The molecule has 0 aliphatic heterocycles. The zero-order chi connectivity index (χ0) is 11.1. The van der Waals surface area contributed by atoms with E-state index in [1.54, 1.807) is 6.92 Å². The molecule has 0 amide bonds. The second kappa shape index (κ2) is 3.59. The van der Waals surface area contributed by atoms with Crippen LogP contribution in [0.2, 0.25) is 0 Å². The predicted octanol–water partition coefficient (Wildman–Crippen LogP) is 1.99. The van der Waals surface area contributed by atoms with Crippen molar-refractivity contribution < 1.29 is 4.52 Å². The number of hydrogen-bond acceptors (Lipinski definition) is 4. The molecule has 2 atom stereocenters. The average Bonchev–Trinajstić information content (AvgIpc) is 2.49. The summed E-state index contributed by atoms with van der Waals surface area (Å²) in [6.45, 7) is 6.28. The fourth-order valence-electron chi connectivity index (χ4n) is 2.86. The van der Waals surface area contributed by atoms with Gasteiger partial charge < -0.3 is 10.3 Å². The van der Waals surface area contributed by atoms with Crippen molar-refractivity contribution >= 4 is 0 Å². The molecule has 2 unspecified atom stereocenters. The van der Waals surface area contributed by atoms with Gasteiger partial charge in [-0.2, -0.15) is 4.98 Å². The fraction of sp³-hybridized carbons (Fsp3) is 0.818. The first-order valence-electron chi connectivity index (χ1n) is 5.59. The SMILES string of the molecule is Cc1nc(C2(N)CC(C)CC(C)C2)no1. The van der Waals surface area contributed by atoms with Crippen LogP contribution in [0, 0.1) is 18.8 Å². The largest absolute Gasteiger partial charge is 0.340 e. The van der Waals surface area contributed by atoms with E-state index in [0.717, 1.165) is 12.8 Å². The van der Waals surface area contributed by atoms with Crippen molar-refractivity contribution in [2.75, 3.05) is 0 Å². The normalized spacial score (nSPS) is 36.8. The summed E-state index contributed by atoms with van der Waals surface area (Å²) in [5.41, 5.74) is 6.01. The highest BCUT2D eigenvalue weighted by Crippen LogP contribution is 2.39. The number of aromatic nitrogens is 2. The summed E-state index contributed by atoms with van der Waals surface area (Å²) in [6, 6.07) is 0. The quantitative estimate of drug-likeness (QED) is 0.768. The van der Waals surface area contributed by atoms with E-state index in [0.29, 0.717) is 23.6 Å². The van der Waals surface area contributed by atoms with Gasteiger partial charge in [0, 0.05) is 6.92 Å². The molecule has 1 aromatic heterocycles. The van der Waals surface area contributed by atoms with Crippen LogP contribution in [-0.4, -0.2) is 10.1 Å². The molecule has 1 saturated carbocycles. The molecule has 1 fully saturated rings. The van der Waals surface area contributed by atoms with Crippen molar-refractivity contribution in [1.82, 2.24) is 10.1 Å². The van der Waals surface area contributed by atoms with E-state index >= 15 is 0 Å². The summed E-state index contributed by atoms with van der Waals surface area (Å²) in [5, 5.41) is 3.97. The second-order valence-electron chi connectivity index (χ2n) is 5.15. The number of nitrogens with zero attached hydrogens (tertiary/aromatic N) is 2. The monoisotopic (exact) mass is 209 g/mol. The van der Waals surface area contributed by atoms with Crippen LogP contribution in [0.3, 0.4) is 0 Å². The molecule has 0 bridgehead atoms. The molecule has 1 heterocycles. The topological polar surface area (TPSA) is 64.9 Å². The highest BCUT2D eigenvalue weighted by atomic mass is 16.5. The second-order valence-corrected chi connectivity index (χ2v) is 5.15. The fourth-order valence-corrected chi connectivity index (χ4v) is 2.86. The Morgan fingerprint density at radius 2 is 1.93 bits per heavy atom. The average molecular weight is 209 g/mol. The molecular weight excluding hydrogens is 190 g/mol. The van der Waals surface area contributed by atoms with E-state index in [2.05, 4.69) is 24.0 Å². The maximum atomic E-state index is 6.39. The zero-order valence-corrected chi connectivity index (χ0v) is 9.66. The lowest BCUT2D eigenvalue weighted by Gasteiger charge is -2.37. The summed E-state index contributed by atoms with van der Waals surface area (Å²) < 4.78 is 5.01. The molecule has 1 aliphatic rings. The molecular formula is C11H19N3O. The minimum Gasteiger partial charge on any atom is -0.340 e. The number of hydrogen-bond donors (Lipinski definition) is 1. The van der Waals surface area contributed by atoms with Gasteiger partial charge >= 0.3 is 0 Å². The van der Waals surface area contributed by atoms with Crippen LogP contribution in [0.5, 0.6) is 0 Å². The molecule has 15 heavy (non-hydrogen) atoms. The highest BCUT2D eigenvalue weighted by molar-refractivity contribution is 5.06. The van der Waals surface area contributed by atoms with Crippen molar-refractivity contribution in [1.29, 1.82) is 0 Å². The Labute approximate surface area is 90.2 Å². The van der Waals surface area contributed by atoms with Gasteiger partial charge in [-0.3, -0.25) is 0 Å². The Morgan fingerprint density at radius 1 is 1.33 bits per heavy atom. The van der Waals surface area contributed by atoms with Crippen LogP contribution < -0.4 is 5.73 Å². The molecule has 4 nitrogen and oxygen atoms in total. The Hall–Kier alpha value is -0.900. The lowest BCUT2D eigenvalue weighted by molar-refractivity contribution is 0.171. The standard InChI is InChI=1S/C11H19N3O/c1-7-4-8(2)6-11(12,5-7)10-13-9(3)15-14-10/h7-8H,4-6,12H2,1-3H3. The lowest BCUT2D eigenvalue weighted by atomic mass is 9.72. The minimum absolute atomic E-state index is 0.380. The third kappa shape index (κ3) is 2.04. The van der Waals surface area contributed by atoms with E-state index in [1.165, 1.54) is 6.42 Å². The van der Waals surface area contributed by atoms with Crippen molar-refractivity contribution in [3.8, 4) is 0 Å². The molecule has 2 rings (SSSR count). The molecule has 1 aromatic rings. The minimum atomic E-state index is -0.380. The van der Waals surface area contributed by atoms with Gasteiger partial charge in [0.2, 0.25) is 5.89 Å². The summed E-state index contributed by atoms with van der Waals surface area (Å²) in [6.07, 6.45) is 3.16. The maximum absolute atomic E-state index is 6.39. The first-order valence-corrected chi connectivity index (χ1v) is 5.59. The predicted molar refractivity (Wildman–Crippen MR) is 57.1 cm³/mol. The molecule has 0 radical (unpaired) electrons. The summed E-state index contributed by atoms with van der Waals surface area (Å²) in [4.78, 5) is 4.27. The van der Waals surface area contributed by atoms with Gasteiger partial charge in [-0.05, 0) is 31.1 Å². The zero-order valence-electron chi connectivity index (χ0n) is 9.66. The van der Waals surface area contributed by atoms with E-state index in [4.69, 9.17) is 10.3 Å². The Balaban J connectivity index is 2.25. The molecule has 4 heteroatoms. The Morgan fingerprint density at radius 3 is 2.40 bits per heavy atom. The third-order valence-electron chi connectivity index (χ3n) is 3.20.